The Hall–Kier alpha value is -3.86. The number of hydrogen-bond donors (Lipinski definition) is 1. The van der Waals surface area contributed by atoms with Gasteiger partial charge in [0.2, 0.25) is 0 Å². The molecule has 0 aliphatic rings. The third-order valence-corrected chi connectivity index (χ3v) is 6.57. The number of para-hydroxylation sites is 1. The molecule has 0 amide bonds. The molecule has 3 aromatic carbocycles. The standard InChI is InChI=1S/C32H35NO4/c1-22(2)19-24-10-14-26(15-11-24)23(3)37-27-16-12-25(13-17-27)20-31(34)29-21-33(18-6-9-32(35)36)30-8-5-4-7-28(29)30/h4-5,7-8,10-17,21-23H,6,9,18-20H2,1-3H3,(H,35,36)/t23-/m0/s1. The van der Waals surface area contributed by atoms with Gasteiger partial charge < -0.3 is 14.4 Å². The zero-order valence-electron chi connectivity index (χ0n) is 21.8. The van der Waals surface area contributed by atoms with E-state index in [9.17, 15) is 9.59 Å². The minimum Gasteiger partial charge on any atom is -0.486 e. The molecule has 4 aromatic rings. The number of ether oxygens (including phenoxy) is 1. The molecule has 1 aromatic heterocycles. The van der Waals surface area contributed by atoms with Crippen LogP contribution in [0.2, 0.25) is 0 Å². The van der Waals surface area contributed by atoms with Crippen LogP contribution in [0, 0.1) is 5.92 Å². The number of hydrogen-bond acceptors (Lipinski definition) is 3. The fourth-order valence-corrected chi connectivity index (χ4v) is 4.69. The van der Waals surface area contributed by atoms with Crippen LogP contribution in [-0.2, 0) is 24.2 Å². The largest absolute Gasteiger partial charge is 0.486 e. The van der Waals surface area contributed by atoms with E-state index in [-0.39, 0.29) is 24.7 Å². The number of fused-ring (bicyclic) bond motifs is 1. The normalized spacial score (nSPS) is 12.1. The summed E-state index contributed by atoms with van der Waals surface area (Å²) in [6, 6.07) is 24.1. The van der Waals surface area contributed by atoms with Crippen LogP contribution in [0.4, 0.5) is 0 Å². The molecule has 0 bridgehead atoms. The van der Waals surface area contributed by atoms with E-state index in [4.69, 9.17) is 9.84 Å². The molecule has 0 saturated carbocycles. The van der Waals surface area contributed by atoms with Gasteiger partial charge in [-0.3, -0.25) is 9.59 Å². The van der Waals surface area contributed by atoms with Gasteiger partial charge in [0, 0.05) is 42.0 Å². The van der Waals surface area contributed by atoms with E-state index in [1.807, 2.05) is 66.2 Å². The summed E-state index contributed by atoms with van der Waals surface area (Å²) in [6.45, 7) is 7.05. The summed E-state index contributed by atoms with van der Waals surface area (Å²) in [5.74, 6) is 0.628. The maximum absolute atomic E-state index is 13.2. The molecule has 5 heteroatoms. The third kappa shape index (κ3) is 6.88. The Morgan fingerprint density at radius 1 is 0.892 bits per heavy atom. The second kappa shape index (κ2) is 11.9. The number of carboxylic acid groups (broad SMARTS) is 1. The van der Waals surface area contributed by atoms with E-state index >= 15 is 0 Å². The molecule has 0 aliphatic heterocycles. The number of nitrogens with zero attached hydrogens (tertiary/aromatic N) is 1. The molecule has 1 atom stereocenters. The van der Waals surface area contributed by atoms with E-state index in [0.29, 0.717) is 24.4 Å². The summed E-state index contributed by atoms with van der Waals surface area (Å²) in [5, 5.41) is 9.85. The zero-order valence-corrected chi connectivity index (χ0v) is 21.8. The zero-order chi connectivity index (χ0) is 26.4. The molecule has 0 radical (unpaired) electrons. The van der Waals surface area contributed by atoms with Crippen molar-refractivity contribution in [2.45, 2.75) is 59.1 Å². The molecule has 0 unspecified atom stereocenters. The first-order valence-corrected chi connectivity index (χ1v) is 13.0. The molecule has 0 aliphatic carbocycles. The Morgan fingerprint density at radius 2 is 1.57 bits per heavy atom. The van der Waals surface area contributed by atoms with Gasteiger partial charge in [-0.15, -0.1) is 0 Å². The number of carbonyl (C=O) groups is 2. The van der Waals surface area contributed by atoms with E-state index in [1.165, 1.54) is 5.56 Å². The topological polar surface area (TPSA) is 68.5 Å². The SMILES string of the molecule is CC(C)Cc1ccc([C@H](C)Oc2ccc(CC(=O)c3cn(CCCC(=O)O)c4ccccc34)cc2)cc1. The summed E-state index contributed by atoms with van der Waals surface area (Å²) in [7, 11) is 0. The maximum Gasteiger partial charge on any atom is 0.303 e. The van der Waals surface area contributed by atoms with E-state index in [1.54, 1.807) is 0 Å². The smallest absolute Gasteiger partial charge is 0.303 e. The number of Topliss-reactive ketones (excluding diaryl/α,β-unsaturated/α-hetero) is 1. The van der Waals surface area contributed by atoms with Crippen LogP contribution in [0.5, 0.6) is 5.75 Å². The van der Waals surface area contributed by atoms with Crippen molar-refractivity contribution >= 4 is 22.7 Å². The van der Waals surface area contributed by atoms with Crippen LogP contribution in [0.1, 0.15) is 66.8 Å². The Morgan fingerprint density at radius 3 is 2.24 bits per heavy atom. The Labute approximate surface area is 218 Å². The lowest BCUT2D eigenvalue weighted by molar-refractivity contribution is -0.137. The minimum absolute atomic E-state index is 0.0386. The van der Waals surface area contributed by atoms with Gasteiger partial charge in [0.15, 0.2) is 5.78 Å². The van der Waals surface area contributed by atoms with Crippen molar-refractivity contribution in [3.05, 3.63) is 101 Å². The average molecular weight is 498 g/mol. The predicted molar refractivity (Wildman–Crippen MR) is 147 cm³/mol. The quantitative estimate of drug-likeness (QED) is 0.209. The molecule has 1 heterocycles. The molecule has 5 nitrogen and oxygen atoms in total. The molecule has 0 saturated heterocycles. The Balaban J connectivity index is 1.40. The maximum atomic E-state index is 13.2. The van der Waals surface area contributed by atoms with Gasteiger partial charge in [-0.25, -0.2) is 0 Å². The monoisotopic (exact) mass is 497 g/mol. The number of benzene rings is 3. The molecule has 192 valence electrons. The van der Waals surface area contributed by atoms with Crippen molar-refractivity contribution in [3.63, 3.8) is 0 Å². The molecule has 0 spiro atoms. The number of carboxylic acids is 1. The van der Waals surface area contributed by atoms with Gasteiger partial charge in [-0.1, -0.05) is 68.4 Å². The summed E-state index contributed by atoms with van der Waals surface area (Å²) < 4.78 is 8.14. The van der Waals surface area contributed by atoms with Crippen LogP contribution in [0.3, 0.4) is 0 Å². The van der Waals surface area contributed by atoms with Crippen molar-refractivity contribution in [2.75, 3.05) is 0 Å². The molecule has 37 heavy (non-hydrogen) atoms. The lowest BCUT2D eigenvalue weighted by Crippen LogP contribution is -2.05. The molecule has 1 N–H and O–H groups in total. The molecular weight excluding hydrogens is 462 g/mol. The number of aliphatic carboxylic acids is 1. The summed E-state index contributed by atoms with van der Waals surface area (Å²) in [5.41, 5.74) is 5.01. The van der Waals surface area contributed by atoms with Crippen molar-refractivity contribution < 1.29 is 19.4 Å². The van der Waals surface area contributed by atoms with Gasteiger partial charge in [0.1, 0.15) is 11.9 Å². The van der Waals surface area contributed by atoms with Gasteiger partial charge in [0.05, 0.1) is 0 Å². The number of ketones is 1. The lowest BCUT2D eigenvalue weighted by atomic mass is 10.0. The average Bonchev–Trinajstić information content (AvgIpc) is 3.24. The Kier molecular flexibility index (Phi) is 8.44. The first kappa shape index (κ1) is 26.2. The summed E-state index contributed by atoms with van der Waals surface area (Å²) >= 11 is 0. The first-order chi connectivity index (χ1) is 17.8. The highest BCUT2D eigenvalue weighted by Crippen LogP contribution is 2.26. The van der Waals surface area contributed by atoms with E-state index in [0.717, 1.165) is 34.2 Å². The third-order valence-electron chi connectivity index (χ3n) is 6.57. The molecule has 0 fully saturated rings. The van der Waals surface area contributed by atoms with Crippen LogP contribution in [0.25, 0.3) is 10.9 Å². The van der Waals surface area contributed by atoms with E-state index in [2.05, 4.69) is 38.1 Å². The van der Waals surface area contributed by atoms with Crippen molar-refractivity contribution in [2.24, 2.45) is 5.92 Å². The predicted octanol–water partition coefficient (Wildman–Crippen LogP) is 7.27. The summed E-state index contributed by atoms with van der Waals surface area (Å²) in [6.07, 6.45) is 3.76. The fourth-order valence-electron chi connectivity index (χ4n) is 4.69. The van der Waals surface area contributed by atoms with E-state index < -0.39 is 5.97 Å². The Bertz CT molecular complexity index is 1350. The highest BCUT2D eigenvalue weighted by atomic mass is 16.5. The van der Waals surface area contributed by atoms with Crippen LogP contribution in [0.15, 0.2) is 79.0 Å². The second-order valence-electron chi connectivity index (χ2n) is 10.1. The molecular formula is C32H35NO4. The van der Waals surface area contributed by atoms with Crippen molar-refractivity contribution in [3.8, 4) is 5.75 Å². The second-order valence-corrected chi connectivity index (χ2v) is 10.1. The fraction of sp³-hybridized carbons (Fsp3) is 0.312. The van der Waals surface area contributed by atoms with Gasteiger partial charge in [-0.05, 0) is 60.6 Å². The van der Waals surface area contributed by atoms with Crippen molar-refractivity contribution in [1.29, 1.82) is 0 Å². The van der Waals surface area contributed by atoms with Gasteiger partial charge >= 0.3 is 5.97 Å². The minimum atomic E-state index is -0.811. The lowest BCUT2D eigenvalue weighted by Gasteiger charge is -2.16. The van der Waals surface area contributed by atoms with Gasteiger partial charge in [-0.2, -0.15) is 0 Å². The number of aryl methyl sites for hydroxylation is 1. The van der Waals surface area contributed by atoms with Crippen LogP contribution < -0.4 is 4.74 Å². The van der Waals surface area contributed by atoms with Gasteiger partial charge in [0.25, 0.3) is 0 Å². The number of carbonyl (C=O) groups excluding carboxylic acids is 1. The number of aromatic nitrogens is 1. The van der Waals surface area contributed by atoms with Crippen molar-refractivity contribution in [1.82, 2.24) is 4.57 Å². The first-order valence-electron chi connectivity index (χ1n) is 13.0. The molecule has 4 rings (SSSR count). The summed E-state index contributed by atoms with van der Waals surface area (Å²) in [4.78, 5) is 24.1. The number of rotatable bonds is 12. The highest BCUT2D eigenvalue weighted by Gasteiger charge is 2.16. The highest BCUT2D eigenvalue weighted by molar-refractivity contribution is 6.08. The van der Waals surface area contributed by atoms with Crippen LogP contribution >= 0.6 is 0 Å². The van der Waals surface area contributed by atoms with Crippen LogP contribution in [-0.4, -0.2) is 21.4 Å².